The molecule has 0 aromatic rings. The van der Waals surface area contributed by atoms with Gasteiger partial charge in [-0.1, -0.05) is 96.8 Å². The fourth-order valence-electron chi connectivity index (χ4n) is 4.16. The number of aliphatic hydroxyl groups is 4. The Labute approximate surface area is 193 Å². The summed E-state index contributed by atoms with van der Waals surface area (Å²) in [7, 11) is 0. The van der Waals surface area contributed by atoms with Crippen molar-refractivity contribution in [2.24, 2.45) is 5.73 Å². The van der Waals surface area contributed by atoms with Crippen molar-refractivity contribution in [2.45, 2.75) is 140 Å². The number of amides is 1. The van der Waals surface area contributed by atoms with E-state index in [9.17, 15) is 25.2 Å². The van der Waals surface area contributed by atoms with E-state index in [4.69, 9.17) is 10.5 Å². The van der Waals surface area contributed by atoms with Crippen LogP contribution in [-0.2, 0) is 9.53 Å². The number of rotatable bonds is 18. The summed E-state index contributed by atoms with van der Waals surface area (Å²) in [4.78, 5) is 12.3. The van der Waals surface area contributed by atoms with Crippen LogP contribution in [0.4, 0.5) is 0 Å². The zero-order chi connectivity index (χ0) is 23.8. The monoisotopic (exact) mass is 460 g/mol. The van der Waals surface area contributed by atoms with E-state index in [0.29, 0.717) is 6.42 Å². The Morgan fingerprint density at radius 2 is 1.28 bits per heavy atom. The second kappa shape index (κ2) is 17.7. The van der Waals surface area contributed by atoms with Gasteiger partial charge in [0.2, 0.25) is 5.91 Å². The van der Waals surface area contributed by atoms with Crippen molar-refractivity contribution in [1.82, 2.24) is 5.32 Å². The predicted octanol–water partition coefficient (Wildman–Crippen LogP) is 2.10. The number of ether oxygens (including phenoxy) is 1. The Bertz CT molecular complexity index is 479. The quantitative estimate of drug-likeness (QED) is 0.172. The summed E-state index contributed by atoms with van der Waals surface area (Å²) in [5.41, 5.74) is 5.95. The lowest BCUT2D eigenvalue weighted by atomic mass is 9.98. The molecule has 1 rings (SSSR count). The van der Waals surface area contributed by atoms with Crippen molar-refractivity contribution in [3.8, 4) is 0 Å². The molecule has 0 radical (unpaired) electrons. The molecule has 0 saturated carbocycles. The fraction of sp³-hybridized carbons (Fsp3) is 0.958. The molecule has 32 heavy (non-hydrogen) atoms. The van der Waals surface area contributed by atoms with Crippen LogP contribution in [0.3, 0.4) is 0 Å². The summed E-state index contributed by atoms with van der Waals surface area (Å²) in [5.74, 6) is -0.482. The van der Waals surface area contributed by atoms with Crippen molar-refractivity contribution < 1.29 is 30.0 Å². The molecular weight excluding hydrogens is 412 g/mol. The summed E-state index contributed by atoms with van der Waals surface area (Å²) in [6.07, 6.45) is 11.4. The molecule has 0 bridgehead atoms. The fourth-order valence-corrected chi connectivity index (χ4v) is 4.16. The third-order valence-corrected chi connectivity index (χ3v) is 6.38. The van der Waals surface area contributed by atoms with Crippen LogP contribution in [0.25, 0.3) is 0 Å². The molecule has 1 heterocycles. The van der Waals surface area contributed by atoms with Gasteiger partial charge in [-0.15, -0.1) is 0 Å². The van der Waals surface area contributed by atoms with Gasteiger partial charge in [-0.25, -0.2) is 0 Å². The van der Waals surface area contributed by atoms with Crippen molar-refractivity contribution in [3.05, 3.63) is 0 Å². The molecule has 1 amide bonds. The van der Waals surface area contributed by atoms with Gasteiger partial charge in [0.05, 0.1) is 12.6 Å². The van der Waals surface area contributed by atoms with Gasteiger partial charge in [0.15, 0.2) is 6.23 Å². The SMILES string of the molecule is CCCCCCCCCCCCCCCCC(N)C(=O)N[C@@H]1O[C@H](CO)[C@@H](O)[C@H](O)[C@H]1O. The maximum absolute atomic E-state index is 12.3. The van der Waals surface area contributed by atoms with E-state index < -0.39 is 49.2 Å². The van der Waals surface area contributed by atoms with Gasteiger partial charge in [-0.05, 0) is 6.42 Å². The highest BCUT2D eigenvalue weighted by Gasteiger charge is 2.44. The van der Waals surface area contributed by atoms with E-state index in [1.54, 1.807) is 0 Å². The molecule has 1 fully saturated rings. The standard InChI is InChI=1S/C24H48N2O6/c1-2-3-4-5-6-7-8-9-10-11-12-13-14-15-16-18(25)23(31)26-24-22(30)21(29)20(28)19(17-27)32-24/h18-22,24,27-30H,2-17,25H2,1H3,(H,26,31)/t18?,19-,20-,21+,22-,24-/m1/s1. The highest BCUT2D eigenvalue weighted by atomic mass is 16.6. The van der Waals surface area contributed by atoms with Crippen LogP contribution in [0.1, 0.15) is 103 Å². The molecule has 1 unspecified atom stereocenters. The zero-order valence-corrected chi connectivity index (χ0v) is 20.0. The van der Waals surface area contributed by atoms with Gasteiger partial charge in [0.1, 0.15) is 24.4 Å². The third kappa shape index (κ3) is 11.4. The molecule has 1 aliphatic heterocycles. The van der Waals surface area contributed by atoms with Gasteiger partial charge in [0.25, 0.3) is 0 Å². The molecule has 0 aromatic heterocycles. The minimum absolute atomic E-state index is 0.482. The lowest BCUT2D eigenvalue weighted by Gasteiger charge is -2.40. The van der Waals surface area contributed by atoms with Gasteiger partial charge >= 0.3 is 0 Å². The number of nitrogens with one attached hydrogen (secondary N) is 1. The Morgan fingerprint density at radius 3 is 1.75 bits per heavy atom. The second-order valence-electron chi connectivity index (χ2n) is 9.25. The largest absolute Gasteiger partial charge is 0.394 e. The lowest BCUT2D eigenvalue weighted by Crippen LogP contribution is -2.64. The van der Waals surface area contributed by atoms with Gasteiger partial charge < -0.3 is 36.2 Å². The number of unbranched alkanes of at least 4 members (excludes halogenated alkanes) is 13. The molecule has 190 valence electrons. The molecule has 1 aliphatic rings. The van der Waals surface area contributed by atoms with Gasteiger partial charge in [-0.3, -0.25) is 4.79 Å². The molecule has 0 spiro atoms. The van der Waals surface area contributed by atoms with E-state index in [-0.39, 0.29) is 0 Å². The summed E-state index contributed by atoms with van der Waals surface area (Å²) >= 11 is 0. The van der Waals surface area contributed by atoms with E-state index in [1.165, 1.54) is 70.6 Å². The van der Waals surface area contributed by atoms with E-state index in [0.717, 1.165) is 19.3 Å². The van der Waals surface area contributed by atoms with E-state index in [1.807, 2.05) is 0 Å². The topological polar surface area (TPSA) is 145 Å². The molecule has 0 aliphatic carbocycles. The first-order chi connectivity index (χ1) is 15.4. The third-order valence-electron chi connectivity index (χ3n) is 6.38. The number of nitrogens with two attached hydrogens (primary N) is 1. The average molecular weight is 461 g/mol. The van der Waals surface area contributed by atoms with Crippen LogP contribution < -0.4 is 11.1 Å². The highest BCUT2D eigenvalue weighted by Crippen LogP contribution is 2.20. The van der Waals surface area contributed by atoms with Crippen LogP contribution in [0.5, 0.6) is 0 Å². The molecular formula is C24H48N2O6. The Kier molecular flexibility index (Phi) is 16.2. The number of carbonyl (C=O) groups is 1. The first kappa shape index (κ1) is 29.3. The van der Waals surface area contributed by atoms with Crippen molar-refractivity contribution in [2.75, 3.05) is 6.61 Å². The molecule has 6 atom stereocenters. The average Bonchev–Trinajstić information content (AvgIpc) is 2.79. The van der Waals surface area contributed by atoms with Crippen molar-refractivity contribution >= 4 is 5.91 Å². The summed E-state index contributed by atoms with van der Waals surface area (Å²) in [6.45, 7) is 1.71. The smallest absolute Gasteiger partial charge is 0.238 e. The first-order valence-corrected chi connectivity index (χ1v) is 12.8. The second-order valence-corrected chi connectivity index (χ2v) is 9.25. The molecule has 0 aromatic carbocycles. The van der Waals surface area contributed by atoms with Crippen molar-refractivity contribution in [3.63, 3.8) is 0 Å². The highest BCUT2D eigenvalue weighted by molar-refractivity contribution is 5.81. The first-order valence-electron chi connectivity index (χ1n) is 12.8. The Morgan fingerprint density at radius 1 is 0.812 bits per heavy atom. The maximum Gasteiger partial charge on any atom is 0.238 e. The van der Waals surface area contributed by atoms with Crippen LogP contribution in [-0.4, -0.2) is 69.6 Å². The summed E-state index contributed by atoms with van der Waals surface area (Å²) in [6, 6.07) is -0.736. The number of aliphatic hydroxyl groups excluding tert-OH is 4. The minimum Gasteiger partial charge on any atom is -0.394 e. The van der Waals surface area contributed by atoms with Gasteiger partial charge in [-0.2, -0.15) is 0 Å². The van der Waals surface area contributed by atoms with Crippen LogP contribution in [0.15, 0.2) is 0 Å². The maximum atomic E-state index is 12.3. The molecule has 1 saturated heterocycles. The van der Waals surface area contributed by atoms with Crippen LogP contribution in [0, 0.1) is 0 Å². The lowest BCUT2D eigenvalue weighted by molar-refractivity contribution is -0.236. The van der Waals surface area contributed by atoms with E-state index in [2.05, 4.69) is 12.2 Å². The van der Waals surface area contributed by atoms with Crippen LogP contribution in [0.2, 0.25) is 0 Å². The molecule has 8 heteroatoms. The van der Waals surface area contributed by atoms with Crippen molar-refractivity contribution in [1.29, 1.82) is 0 Å². The molecule has 8 nitrogen and oxygen atoms in total. The number of hydrogen-bond acceptors (Lipinski definition) is 7. The number of hydrogen-bond donors (Lipinski definition) is 6. The van der Waals surface area contributed by atoms with E-state index >= 15 is 0 Å². The van der Waals surface area contributed by atoms with Crippen LogP contribution >= 0.6 is 0 Å². The minimum atomic E-state index is -1.52. The summed E-state index contributed by atoms with van der Waals surface area (Å²) < 4.78 is 5.28. The number of carbonyl (C=O) groups excluding carboxylic acids is 1. The normalized spacial score (nSPS) is 26.8. The van der Waals surface area contributed by atoms with Gasteiger partial charge in [0, 0.05) is 0 Å². The Balaban J connectivity index is 2.04. The Hall–Kier alpha value is -0.770. The molecule has 7 N–H and O–H groups in total. The zero-order valence-electron chi connectivity index (χ0n) is 20.0. The predicted molar refractivity (Wildman–Crippen MR) is 125 cm³/mol. The summed E-state index contributed by atoms with van der Waals surface area (Å²) in [5, 5.41) is 41.2.